The molecule has 0 atom stereocenters. The van der Waals surface area contributed by atoms with Gasteiger partial charge < -0.3 is 4.90 Å². The second-order valence-corrected chi connectivity index (χ2v) is 2.41. The number of rotatable bonds is 2. The van der Waals surface area contributed by atoms with Gasteiger partial charge in [-0.05, 0) is 0 Å². The number of allylic oxidation sites excluding steroid dienone is 1. The second kappa shape index (κ2) is 2.91. The van der Waals surface area contributed by atoms with Crippen molar-refractivity contribution in [2.75, 3.05) is 14.1 Å². The fraction of sp³-hybridized carbons (Fsp3) is 0.667. The molecule has 0 bridgehead atoms. The summed E-state index contributed by atoms with van der Waals surface area (Å²) >= 11 is 0. The summed E-state index contributed by atoms with van der Waals surface area (Å²) in [5.41, 5.74) is -1.27. The molecule has 1 nitrogen and oxygen atoms in total. The molecule has 0 radical (unpaired) electrons. The summed E-state index contributed by atoms with van der Waals surface area (Å²) in [5, 5.41) is 0. The molecule has 0 spiro atoms. The Morgan fingerprint density at radius 1 is 1.08 bits per heavy atom. The smallest absolute Gasteiger partial charge is 0.376 e. The van der Waals surface area contributed by atoms with Gasteiger partial charge in [-0.3, -0.25) is 0 Å². The zero-order valence-electron chi connectivity index (χ0n) is 6.54. The summed E-state index contributed by atoms with van der Waals surface area (Å²) in [6, 6.07) is 0. The van der Waals surface area contributed by atoms with Gasteiger partial charge in [0.25, 0.3) is 0 Å². The summed E-state index contributed by atoms with van der Waals surface area (Å²) in [7, 11) is 2.14. The van der Waals surface area contributed by atoms with E-state index in [-0.39, 0.29) is 0 Å². The standard InChI is InChI=1S/C6H8F5N/c1-4(12(2)3)5(7,8)6(9,10)11/h1H2,2-3H3. The minimum absolute atomic E-state index is 0.632. The second-order valence-electron chi connectivity index (χ2n) is 2.41. The number of hydrogen-bond acceptors (Lipinski definition) is 1. The van der Waals surface area contributed by atoms with Crippen LogP contribution in [0, 0.1) is 0 Å². The topological polar surface area (TPSA) is 3.24 Å². The van der Waals surface area contributed by atoms with Crippen LogP contribution < -0.4 is 0 Å². The molecule has 12 heavy (non-hydrogen) atoms. The zero-order chi connectivity index (χ0) is 10.2. The van der Waals surface area contributed by atoms with Crippen LogP contribution in [0.5, 0.6) is 0 Å². The molecule has 0 N–H and O–H groups in total. The number of halogens is 5. The van der Waals surface area contributed by atoms with Gasteiger partial charge in [-0.1, -0.05) is 6.58 Å². The molecule has 0 aromatic rings. The zero-order valence-corrected chi connectivity index (χ0v) is 6.54. The van der Waals surface area contributed by atoms with E-state index in [2.05, 4.69) is 6.58 Å². The third-order valence-electron chi connectivity index (χ3n) is 1.26. The van der Waals surface area contributed by atoms with Crippen LogP contribution in [0.2, 0.25) is 0 Å². The Labute approximate surface area is 66.5 Å². The third kappa shape index (κ3) is 1.86. The van der Waals surface area contributed by atoms with E-state index in [0.717, 1.165) is 14.1 Å². The maximum Gasteiger partial charge on any atom is 0.459 e. The van der Waals surface area contributed by atoms with Crippen LogP contribution in [0.3, 0.4) is 0 Å². The molecule has 72 valence electrons. The van der Waals surface area contributed by atoms with Gasteiger partial charge in [0.15, 0.2) is 0 Å². The number of alkyl halides is 5. The third-order valence-corrected chi connectivity index (χ3v) is 1.26. The lowest BCUT2D eigenvalue weighted by molar-refractivity contribution is -0.269. The molecule has 0 saturated carbocycles. The van der Waals surface area contributed by atoms with Crippen LogP contribution >= 0.6 is 0 Å². The Morgan fingerprint density at radius 3 is 1.50 bits per heavy atom. The molecular formula is C6H8F5N. The first-order chi connectivity index (χ1) is 5.10. The number of hydrogen-bond donors (Lipinski definition) is 0. The highest BCUT2D eigenvalue weighted by atomic mass is 19.4. The van der Waals surface area contributed by atoms with Crippen molar-refractivity contribution in [3.05, 3.63) is 12.3 Å². The van der Waals surface area contributed by atoms with E-state index in [0.29, 0.717) is 4.90 Å². The number of nitrogens with zero attached hydrogens (tertiary/aromatic N) is 1. The maximum atomic E-state index is 12.3. The van der Waals surface area contributed by atoms with Crippen molar-refractivity contribution in [2.24, 2.45) is 0 Å². The average molecular weight is 189 g/mol. The molecule has 0 heterocycles. The summed E-state index contributed by atoms with van der Waals surface area (Å²) in [4.78, 5) is 0.632. The van der Waals surface area contributed by atoms with E-state index in [1.165, 1.54) is 0 Å². The van der Waals surface area contributed by atoms with Gasteiger partial charge in [0.05, 0.1) is 5.70 Å². The van der Waals surface area contributed by atoms with E-state index >= 15 is 0 Å². The molecule has 0 rings (SSSR count). The lowest BCUT2D eigenvalue weighted by Gasteiger charge is -2.26. The summed E-state index contributed by atoms with van der Waals surface area (Å²) in [6.45, 7) is 2.65. The van der Waals surface area contributed by atoms with Gasteiger partial charge in [0.1, 0.15) is 0 Å². The lowest BCUT2D eigenvalue weighted by Crippen LogP contribution is -2.42. The van der Waals surface area contributed by atoms with Crippen molar-refractivity contribution in [3.8, 4) is 0 Å². The van der Waals surface area contributed by atoms with Crippen LogP contribution in [0.4, 0.5) is 22.0 Å². The predicted molar refractivity (Wildman–Crippen MR) is 33.8 cm³/mol. The van der Waals surface area contributed by atoms with Crippen molar-refractivity contribution in [1.29, 1.82) is 0 Å². The van der Waals surface area contributed by atoms with E-state index in [9.17, 15) is 22.0 Å². The Morgan fingerprint density at radius 2 is 1.42 bits per heavy atom. The van der Waals surface area contributed by atoms with Crippen molar-refractivity contribution in [3.63, 3.8) is 0 Å². The van der Waals surface area contributed by atoms with E-state index in [1.807, 2.05) is 0 Å². The molecule has 0 aromatic carbocycles. The van der Waals surface area contributed by atoms with Crippen LogP contribution in [0.1, 0.15) is 0 Å². The summed E-state index contributed by atoms with van der Waals surface area (Å²) in [5.74, 6) is -4.85. The monoisotopic (exact) mass is 189 g/mol. The molecule has 0 unspecified atom stereocenters. The van der Waals surface area contributed by atoms with Crippen molar-refractivity contribution >= 4 is 0 Å². The Hall–Kier alpha value is -0.810. The highest BCUT2D eigenvalue weighted by Gasteiger charge is 2.60. The molecule has 6 heteroatoms. The van der Waals surface area contributed by atoms with Crippen LogP contribution in [0.25, 0.3) is 0 Å². The van der Waals surface area contributed by atoms with Crippen LogP contribution in [-0.2, 0) is 0 Å². The first kappa shape index (κ1) is 11.2. The first-order valence-electron chi connectivity index (χ1n) is 2.92. The molecule has 0 aliphatic carbocycles. The highest BCUT2D eigenvalue weighted by molar-refractivity contribution is 5.08. The lowest BCUT2D eigenvalue weighted by atomic mass is 10.2. The molecule has 0 aromatic heterocycles. The van der Waals surface area contributed by atoms with Gasteiger partial charge in [-0.15, -0.1) is 0 Å². The van der Waals surface area contributed by atoms with Gasteiger partial charge in [-0.25, -0.2) is 0 Å². The first-order valence-corrected chi connectivity index (χ1v) is 2.92. The fourth-order valence-electron chi connectivity index (χ4n) is 0.444. The molecule has 0 fully saturated rings. The molecule has 0 aliphatic rings. The summed E-state index contributed by atoms with van der Waals surface area (Å²) < 4.78 is 59.4. The van der Waals surface area contributed by atoms with Crippen LogP contribution in [-0.4, -0.2) is 31.1 Å². The quantitative estimate of drug-likeness (QED) is 0.602. The SMILES string of the molecule is C=C(N(C)C)C(F)(F)C(F)(F)F. The Kier molecular flexibility index (Phi) is 2.72. The van der Waals surface area contributed by atoms with E-state index in [4.69, 9.17) is 0 Å². The fourth-order valence-corrected chi connectivity index (χ4v) is 0.444. The molecule has 0 aliphatic heterocycles. The Balaban J connectivity index is 4.74. The van der Waals surface area contributed by atoms with E-state index in [1.54, 1.807) is 0 Å². The summed E-state index contributed by atoms with van der Waals surface area (Å²) in [6.07, 6.45) is -5.58. The molecule has 0 saturated heterocycles. The average Bonchev–Trinajstić information content (AvgIpc) is 1.83. The highest BCUT2D eigenvalue weighted by Crippen LogP contribution is 2.40. The predicted octanol–water partition coefficient (Wildman–Crippen LogP) is 2.26. The van der Waals surface area contributed by atoms with Crippen molar-refractivity contribution < 1.29 is 22.0 Å². The van der Waals surface area contributed by atoms with Crippen LogP contribution in [0.15, 0.2) is 12.3 Å². The molecular weight excluding hydrogens is 181 g/mol. The van der Waals surface area contributed by atoms with Gasteiger partial charge in [-0.2, -0.15) is 22.0 Å². The maximum absolute atomic E-state index is 12.3. The van der Waals surface area contributed by atoms with Crippen molar-refractivity contribution in [2.45, 2.75) is 12.1 Å². The Bertz CT molecular complexity index is 181. The molecule has 0 amide bonds. The van der Waals surface area contributed by atoms with Gasteiger partial charge >= 0.3 is 12.1 Å². The largest absolute Gasteiger partial charge is 0.459 e. The van der Waals surface area contributed by atoms with E-state index < -0.39 is 17.8 Å². The minimum atomic E-state index is -5.58. The van der Waals surface area contributed by atoms with Gasteiger partial charge in [0, 0.05) is 14.1 Å². The van der Waals surface area contributed by atoms with Gasteiger partial charge in [0.2, 0.25) is 0 Å². The minimum Gasteiger partial charge on any atom is -0.376 e. The van der Waals surface area contributed by atoms with Crippen molar-refractivity contribution in [1.82, 2.24) is 4.90 Å². The normalized spacial score (nSPS) is 12.9.